The minimum atomic E-state index is 0.101. The molecule has 3 saturated heterocycles. The van der Waals surface area contributed by atoms with E-state index in [-0.39, 0.29) is 17.7 Å². The van der Waals surface area contributed by atoms with Crippen LogP contribution in [0, 0.1) is 35.5 Å². The van der Waals surface area contributed by atoms with E-state index in [0.717, 1.165) is 113 Å². The van der Waals surface area contributed by atoms with E-state index in [4.69, 9.17) is 0 Å². The summed E-state index contributed by atoms with van der Waals surface area (Å²) in [4.78, 5) is 42.6. The van der Waals surface area contributed by atoms with E-state index in [2.05, 4.69) is 61.9 Å². The first-order valence-electron chi connectivity index (χ1n) is 20.4. The van der Waals surface area contributed by atoms with Crippen molar-refractivity contribution < 1.29 is 14.4 Å². The smallest absolute Gasteiger partial charge is 0.257 e. The Morgan fingerprint density at radius 3 is 1.38 bits per heavy atom. The second-order valence-corrected chi connectivity index (χ2v) is 16.5. The molecule has 0 saturated carbocycles. The lowest BCUT2D eigenvalue weighted by atomic mass is 9.86. The van der Waals surface area contributed by atoms with E-state index in [1.807, 2.05) is 58.3 Å². The van der Waals surface area contributed by atoms with Crippen molar-refractivity contribution in [2.45, 2.75) is 80.1 Å². The third-order valence-electron chi connectivity index (χ3n) is 11.9. The summed E-state index contributed by atoms with van der Waals surface area (Å²) in [6.45, 7) is 18.9. The number of aryl methyl sites for hydroxylation is 1. The molecular weight excluding hydrogens is 691 g/mol. The molecule has 0 spiro atoms. The van der Waals surface area contributed by atoms with E-state index in [0.29, 0.717) is 22.6 Å². The van der Waals surface area contributed by atoms with Gasteiger partial charge in [-0.05, 0) is 86.2 Å². The highest BCUT2D eigenvalue weighted by molar-refractivity contribution is 5.94. The monoisotopic (exact) mass is 754 g/mol. The molecule has 0 bridgehead atoms. The van der Waals surface area contributed by atoms with Gasteiger partial charge in [-0.25, -0.2) is 4.68 Å². The average molecular weight is 754 g/mol. The summed E-state index contributed by atoms with van der Waals surface area (Å²) < 4.78 is 3.43. The van der Waals surface area contributed by atoms with Crippen molar-refractivity contribution in [1.82, 2.24) is 44.5 Å². The van der Waals surface area contributed by atoms with Crippen LogP contribution in [-0.4, -0.2) is 101 Å². The van der Waals surface area contributed by atoms with Crippen molar-refractivity contribution in [2.75, 3.05) is 39.3 Å². The fourth-order valence-corrected chi connectivity index (χ4v) is 7.91. The Morgan fingerprint density at radius 2 is 1.00 bits per heavy atom. The molecule has 0 atom stereocenters. The van der Waals surface area contributed by atoms with Gasteiger partial charge < -0.3 is 14.7 Å². The summed E-state index contributed by atoms with van der Waals surface area (Å²) in [7, 11) is 1.84. The van der Waals surface area contributed by atoms with Crippen molar-refractivity contribution in [2.24, 2.45) is 42.6 Å². The molecule has 4 aromatic rings. The Balaban J connectivity index is 0.000000161. The Kier molecular flexibility index (Phi) is 14.9. The van der Waals surface area contributed by atoms with Gasteiger partial charge in [0, 0.05) is 64.9 Å². The van der Waals surface area contributed by atoms with Gasteiger partial charge in [0.2, 0.25) is 0 Å². The highest BCUT2D eigenvalue weighted by Gasteiger charge is 2.28. The van der Waals surface area contributed by atoms with Crippen LogP contribution in [0.1, 0.15) is 111 Å². The minimum absolute atomic E-state index is 0.101. The van der Waals surface area contributed by atoms with E-state index in [9.17, 15) is 14.4 Å². The van der Waals surface area contributed by atoms with Crippen molar-refractivity contribution in [3.8, 4) is 5.69 Å². The number of H-pyrrole nitrogens is 1. The van der Waals surface area contributed by atoms with Gasteiger partial charge in [-0.3, -0.25) is 24.2 Å². The first-order chi connectivity index (χ1) is 26.4. The summed E-state index contributed by atoms with van der Waals surface area (Å²) in [5.41, 5.74) is 3.02. The molecule has 7 rings (SSSR count). The Labute approximate surface area is 327 Å². The lowest BCUT2D eigenvalue weighted by molar-refractivity contribution is 0.0661. The van der Waals surface area contributed by atoms with Crippen LogP contribution < -0.4 is 0 Å². The third-order valence-corrected chi connectivity index (χ3v) is 11.9. The average Bonchev–Trinajstić information content (AvgIpc) is 4.02. The molecule has 55 heavy (non-hydrogen) atoms. The van der Waals surface area contributed by atoms with Crippen LogP contribution in [0.5, 0.6) is 0 Å². The summed E-state index contributed by atoms with van der Waals surface area (Å²) in [5.74, 6) is 4.79. The number of carbonyl (C=O) groups excluding carboxylic acids is 3. The quantitative estimate of drug-likeness (QED) is 0.213. The van der Waals surface area contributed by atoms with Crippen LogP contribution in [-0.2, 0) is 7.05 Å². The summed E-state index contributed by atoms with van der Waals surface area (Å²) in [5, 5.41) is 14.8. The molecule has 3 aromatic heterocycles. The van der Waals surface area contributed by atoms with E-state index >= 15 is 0 Å². The molecule has 0 unspecified atom stereocenters. The SMILES string of the molecule is CC(C)C1CCN(C(=O)c2cn[nH]c2)CC1.CC(C)C1CCN(C(=O)c2cnn(-c3ccccc3)c2)CC1.CC(C)C1CCN(C(=O)c2cnn(C)c2)CC1. The molecule has 12 heteroatoms. The van der Waals surface area contributed by atoms with Gasteiger partial charge in [-0.1, -0.05) is 59.7 Å². The lowest BCUT2D eigenvalue weighted by Crippen LogP contribution is -2.39. The normalized spacial score (nSPS) is 17.2. The summed E-state index contributed by atoms with van der Waals surface area (Å²) >= 11 is 0. The topological polar surface area (TPSA) is 125 Å². The number of piperidine rings is 3. The highest BCUT2D eigenvalue weighted by atomic mass is 16.2. The number of aromatic nitrogens is 6. The highest BCUT2D eigenvalue weighted by Crippen LogP contribution is 2.27. The van der Waals surface area contributed by atoms with Crippen LogP contribution >= 0.6 is 0 Å². The van der Waals surface area contributed by atoms with Gasteiger partial charge in [0.05, 0.1) is 41.0 Å². The molecule has 298 valence electrons. The fraction of sp³-hybridized carbons (Fsp3) is 0.581. The molecule has 0 radical (unpaired) electrons. The van der Waals surface area contributed by atoms with Crippen LogP contribution in [0.2, 0.25) is 0 Å². The maximum Gasteiger partial charge on any atom is 0.257 e. The number of hydrogen-bond acceptors (Lipinski definition) is 6. The number of likely N-dealkylation sites (tertiary alicyclic amines) is 3. The van der Waals surface area contributed by atoms with Crippen molar-refractivity contribution >= 4 is 17.7 Å². The molecule has 3 aliphatic rings. The largest absolute Gasteiger partial charge is 0.339 e. The Hall–Kier alpha value is -4.74. The molecule has 6 heterocycles. The van der Waals surface area contributed by atoms with E-state index in [1.165, 1.54) is 0 Å². The molecule has 3 fully saturated rings. The number of carbonyl (C=O) groups is 3. The number of para-hydroxylation sites is 1. The molecular formula is C43H63N9O3. The van der Waals surface area contributed by atoms with Gasteiger partial charge in [-0.2, -0.15) is 15.3 Å². The molecule has 0 aliphatic carbocycles. The number of nitrogens with zero attached hydrogens (tertiary/aromatic N) is 8. The summed E-state index contributed by atoms with van der Waals surface area (Å²) in [6, 6.07) is 9.87. The Morgan fingerprint density at radius 1 is 0.582 bits per heavy atom. The zero-order valence-corrected chi connectivity index (χ0v) is 34.1. The lowest BCUT2D eigenvalue weighted by Gasteiger charge is -2.33. The minimum Gasteiger partial charge on any atom is -0.339 e. The van der Waals surface area contributed by atoms with Crippen molar-refractivity contribution in [3.63, 3.8) is 0 Å². The number of hydrogen-bond donors (Lipinski definition) is 1. The molecule has 1 N–H and O–H groups in total. The number of nitrogens with one attached hydrogen (secondary N) is 1. The van der Waals surface area contributed by atoms with Crippen LogP contribution in [0.25, 0.3) is 5.69 Å². The molecule has 1 aromatic carbocycles. The predicted molar refractivity (Wildman–Crippen MR) is 216 cm³/mol. The molecule has 3 amide bonds. The van der Waals surface area contributed by atoms with Gasteiger partial charge in [0.15, 0.2) is 0 Å². The van der Waals surface area contributed by atoms with Crippen LogP contribution in [0.4, 0.5) is 0 Å². The maximum atomic E-state index is 12.6. The molecule has 3 aliphatic heterocycles. The van der Waals surface area contributed by atoms with Gasteiger partial charge in [-0.15, -0.1) is 0 Å². The van der Waals surface area contributed by atoms with Crippen molar-refractivity contribution in [3.05, 3.63) is 84.2 Å². The zero-order valence-electron chi connectivity index (χ0n) is 34.1. The molecule has 12 nitrogen and oxygen atoms in total. The number of rotatable bonds is 7. The van der Waals surface area contributed by atoms with Crippen molar-refractivity contribution in [1.29, 1.82) is 0 Å². The second-order valence-electron chi connectivity index (χ2n) is 16.5. The van der Waals surface area contributed by atoms with E-state index < -0.39 is 0 Å². The van der Waals surface area contributed by atoms with E-state index in [1.54, 1.807) is 40.3 Å². The zero-order chi connectivity index (χ0) is 39.5. The first-order valence-corrected chi connectivity index (χ1v) is 20.4. The number of benzene rings is 1. The van der Waals surface area contributed by atoms with Crippen LogP contribution in [0.15, 0.2) is 67.5 Å². The maximum absolute atomic E-state index is 12.6. The second kappa shape index (κ2) is 19.7. The van der Waals surface area contributed by atoms with Gasteiger partial charge >= 0.3 is 0 Å². The van der Waals surface area contributed by atoms with Gasteiger partial charge in [0.1, 0.15) is 0 Å². The number of aromatic amines is 1. The Bertz CT molecular complexity index is 1750. The van der Waals surface area contributed by atoms with Crippen LogP contribution in [0.3, 0.4) is 0 Å². The number of amides is 3. The predicted octanol–water partition coefficient (Wildman–Crippen LogP) is 7.23. The summed E-state index contributed by atoms with van der Waals surface area (Å²) in [6.07, 6.45) is 16.9. The standard InChI is InChI=1S/C18H23N3O.C13H21N3O.C12H19N3O/c1-14(2)15-8-10-20(11-9-15)18(22)16-12-19-21(13-16)17-6-4-3-5-7-17;1-10(2)11-4-6-16(7-5-11)13(17)12-8-14-15(3)9-12;1-9(2)10-3-5-15(6-4-10)12(16)11-7-13-14-8-11/h3-7,12-15H,8-11H2,1-2H3;8-11H,4-7H2,1-3H3;7-10H,3-6H2,1-2H3,(H,13,14). The van der Waals surface area contributed by atoms with Gasteiger partial charge in [0.25, 0.3) is 17.7 Å². The fourth-order valence-electron chi connectivity index (χ4n) is 7.91. The first kappa shape index (κ1) is 41.4. The third kappa shape index (κ3) is 11.4.